The first kappa shape index (κ1) is 11.6. The lowest BCUT2D eigenvalue weighted by Crippen LogP contribution is -2.35. The molecule has 1 unspecified atom stereocenters. The van der Waals surface area contributed by atoms with Gasteiger partial charge in [-0.1, -0.05) is 0 Å². The Kier molecular flexibility index (Phi) is 3.41. The summed E-state index contributed by atoms with van der Waals surface area (Å²) in [7, 11) is 0. The summed E-state index contributed by atoms with van der Waals surface area (Å²) in [6.07, 6.45) is -3.14. The number of hydrogen-bond donors (Lipinski definition) is 1. The lowest BCUT2D eigenvalue weighted by Gasteiger charge is -2.12. The third-order valence-electron chi connectivity index (χ3n) is 1.73. The van der Waals surface area contributed by atoms with Gasteiger partial charge in [-0.05, 0) is 12.1 Å². The largest absolute Gasteiger partial charge is 0.391 e. The van der Waals surface area contributed by atoms with Gasteiger partial charge in [-0.15, -0.1) is 0 Å². The van der Waals surface area contributed by atoms with E-state index in [2.05, 4.69) is 4.98 Å². The first-order valence-corrected chi connectivity index (χ1v) is 4.17. The van der Waals surface area contributed by atoms with E-state index in [4.69, 9.17) is 5.73 Å². The molecule has 1 aromatic heterocycles. The van der Waals surface area contributed by atoms with Gasteiger partial charge < -0.3 is 5.73 Å². The molecule has 0 aliphatic heterocycles. The molecule has 0 radical (unpaired) electrons. The summed E-state index contributed by atoms with van der Waals surface area (Å²) in [5.41, 5.74) is 5.23. The molecule has 15 heavy (non-hydrogen) atoms. The number of nitrogens with zero attached hydrogens (tertiary/aromatic N) is 1. The van der Waals surface area contributed by atoms with Crippen LogP contribution in [-0.2, 0) is 0 Å². The lowest BCUT2D eigenvalue weighted by molar-refractivity contribution is -0.136. The maximum atomic E-state index is 11.9. The minimum Gasteiger partial charge on any atom is -0.321 e. The maximum Gasteiger partial charge on any atom is 0.391 e. The minimum atomic E-state index is -4.43. The zero-order valence-corrected chi connectivity index (χ0v) is 7.66. The van der Waals surface area contributed by atoms with E-state index in [1.54, 1.807) is 0 Å². The molecule has 0 aromatic carbocycles. The molecule has 0 bridgehead atoms. The maximum absolute atomic E-state index is 11.9. The van der Waals surface area contributed by atoms with E-state index in [1.807, 2.05) is 0 Å². The van der Waals surface area contributed by atoms with Crippen molar-refractivity contribution in [2.75, 3.05) is 0 Å². The Morgan fingerprint density at radius 2 is 2.20 bits per heavy atom. The minimum absolute atomic E-state index is 0.0919. The number of ketones is 1. The topological polar surface area (TPSA) is 56.0 Å². The van der Waals surface area contributed by atoms with Gasteiger partial charge in [0.1, 0.15) is 0 Å². The number of hydrogen-bond acceptors (Lipinski definition) is 3. The van der Waals surface area contributed by atoms with Crippen molar-refractivity contribution < 1.29 is 18.0 Å². The molecule has 2 N–H and O–H groups in total. The molecule has 0 aliphatic rings. The number of nitrogens with two attached hydrogens (primary N) is 1. The van der Waals surface area contributed by atoms with Crippen LogP contribution in [0.15, 0.2) is 24.5 Å². The number of carbonyl (C=O) groups is 1. The highest BCUT2D eigenvalue weighted by atomic mass is 19.4. The van der Waals surface area contributed by atoms with Crippen molar-refractivity contribution in [3.8, 4) is 0 Å². The summed E-state index contributed by atoms with van der Waals surface area (Å²) in [6, 6.07) is 1.29. The van der Waals surface area contributed by atoms with Crippen molar-refractivity contribution >= 4 is 5.78 Å². The quantitative estimate of drug-likeness (QED) is 0.783. The number of pyridine rings is 1. The zero-order valence-electron chi connectivity index (χ0n) is 7.66. The highest BCUT2D eigenvalue weighted by Crippen LogP contribution is 2.21. The summed E-state index contributed by atoms with van der Waals surface area (Å²) in [6.45, 7) is 0. The first-order chi connectivity index (χ1) is 6.90. The standard InChI is InChI=1S/C9H9F3N2O/c10-9(11,12)4-7(13)8(15)6-2-1-3-14-5-6/h1-3,5,7H,4,13H2. The summed E-state index contributed by atoms with van der Waals surface area (Å²) >= 11 is 0. The van der Waals surface area contributed by atoms with Crippen LogP contribution in [0, 0.1) is 0 Å². The molecule has 0 aliphatic carbocycles. The van der Waals surface area contributed by atoms with Crippen molar-refractivity contribution in [2.45, 2.75) is 18.6 Å². The van der Waals surface area contributed by atoms with Crippen LogP contribution in [0.3, 0.4) is 0 Å². The average Bonchev–Trinajstić information content (AvgIpc) is 2.15. The third kappa shape index (κ3) is 3.67. The number of aromatic nitrogens is 1. The fraction of sp³-hybridized carbons (Fsp3) is 0.333. The smallest absolute Gasteiger partial charge is 0.321 e. The molecule has 1 aromatic rings. The van der Waals surface area contributed by atoms with Gasteiger partial charge in [0.25, 0.3) is 0 Å². The van der Waals surface area contributed by atoms with E-state index in [0.717, 1.165) is 0 Å². The van der Waals surface area contributed by atoms with Crippen molar-refractivity contribution in [1.29, 1.82) is 0 Å². The molecule has 0 spiro atoms. The van der Waals surface area contributed by atoms with Gasteiger partial charge in [0.15, 0.2) is 5.78 Å². The van der Waals surface area contributed by atoms with E-state index in [-0.39, 0.29) is 5.56 Å². The second-order valence-electron chi connectivity index (χ2n) is 3.03. The number of alkyl halides is 3. The van der Waals surface area contributed by atoms with Gasteiger partial charge in [0, 0.05) is 18.0 Å². The Balaban J connectivity index is 2.70. The Hall–Kier alpha value is -1.43. The van der Waals surface area contributed by atoms with Gasteiger partial charge in [0.05, 0.1) is 12.5 Å². The summed E-state index contributed by atoms with van der Waals surface area (Å²) < 4.78 is 35.8. The molecule has 0 saturated carbocycles. The van der Waals surface area contributed by atoms with Crippen LogP contribution in [0.1, 0.15) is 16.8 Å². The average molecular weight is 218 g/mol. The summed E-state index contributed by atoms with van der Waals surface area (Å²) in [5, 5.41) is 0. The molecular weight excluding hydrogens is 209 g/mol. The molecule has 3 nitrogen and oxygen atoms in total. The van der Waals surface area contributed by atoms with Gasteiger partial charge in [-0.3, -0.25) is 9.78 Å². The number of Topliss-reactive ketones (excluding diaryl/α,β-unsaturated/α-hetero) is 1. The van der Waals surface area contributed by atoms with Gasteiger partial charge in [0.2, 0.25) is 0 Å². The Bertz CT molecular complexity index is 337. The number of carbonyl (C=O) groups excluding carboxylic acids is 1. The van der Waals surface area contributed by atoms with Crippen LogP contribution in [0.25, 0.3) is 0 Å². The Labute approximate surface area is 84.1 Å². The van der Waals surface area contributed by atoms with E-state index < -0.39 is 24.4 Å². The number of halogens is 3. The number of rotatable bonds is 3. The van der Waals surface area contributed by atoms with Crippen LogP contribution in [0.4, 0.5) is 13.2 Å². The van der Waals surface area contributed by atoms with Crippen molar-refractivity contribution in [1.82, 2.24) is 4.98 Å². The van der Waals surface area contributed by atoms with Crippen LogP contribution in [0.2, 0.25) is 0 Å². The van der Waals surface area contributed by atoms with E-state index in [9.17, 15) is 18.0 Å². The van der Waals surface area contributed by atoms with Crippen molar-refractivity contribution in [3.63, 3.8) is 0 Å². The predicted molar refractivity (Wildman–Crippen MR) is 47.2 cm³/mol. The highest BCUT2D eigenvalue weighted by Gasteiger charge is 2.33. The second-order valence-corrected chi connectivity index (χ2v) is 3.03. The van der Waals surface area contributed by atoms with E-state index in [0.29, 0.717) is 0 Å². The van der Waals surface area contributed by atoms with Crippen LogP contribution >= 0.6 is 0 Å². The predicted octanol–water partition coefficient (Wildman–Crippen LogP) is 1.54. The molecule has 6 heteroatoms. The zero-order chi connectivity index (χ0) is 11.5. The normalized spacial score (nSPS) is 13.6. The van der Waals surface area contributed by atoms with Crippen LogP contribution < -0.4 is 5.73 Å². The summed E-state index contributed by atoms with van der Waals surface area (Å²) in [5.74, 6) is -0.750. The van der Waals surface area contributed by atoms with E-state index in [1.165, 1.54) is 24.5 Å². The first-order valence-electron chi connectivity index (χ1n) is 4.17. The Morgan fingerprint density at radius 3 is 2.67 bits per heavy atom. The van der Waals surface area contributed by atoms with Crippen LogP contribution in [0.5, 0.6) is 0 Å². The SMILES string of the molecule is NC(CC(F)(F)F)C(=O)c1cccnc1. The molecule has 1 atom stereocenters. The van der Waals surface area contributed by atoms with Gasteiger partial charge in [-0.2, -0.15) is 13.2 Å². The highest BCUT2D eigenvalue weighted by molar-refractivity contribution is 5.99. The lowest BCUT2D eigenvalue weighted by atomic mass is 10.0. The third-order valence-corrected chi connectivity index (χ3v) is 1.73. The second kappa shape index (κ2) is 4.39. The molecule has 1 rings (SSSR count). The fourth-order valence-corrected chi connectivity index (χ4v) is 1.06. The molecule has 1 heterocycles. The monoisotopic (exact) mass is 218 g/mol. The molecule has 0 saturated heterocycles. The van der Waals surface area contributed by atoms with Gasteiger partial charge in [-0.25, -0.2) is 0 Å². The summed E-state index contributed by atoms with van der Waals surface area (Å²) in [4.78, 5) is 15.0. The van der Waals surface area contributed by atoms with Crippen molar-refractivity contribution in [2.24, 2.45) is 5.73 Å². The fourth-order valence-electron chi connectivity index (χ4n) is 1.06. The van der Waals surface area contributed by atoms with Crippen molar-refractivity contribution in [3.05, 3.63) is 30.1 Å². The van der Waals surface area contributed by atoms with Gasteiger partial charge >= 0.3 is 6.18 Å². The molecule has 82 valence electrons. The van der Waals surface area contributed by atoms with E-state index >= 15 is 0 Å². The molecule has 0 amide bonds. The van der Waals surface area contributed by atoms with Crippen LogP contribution in [-0.4, -0.2) is 23.0 Å². The molecular formula is C9H9F3N2O. The Morgan fingerprint density at radius 1 is 1.53 bits per heavy atom. The molecule has 0 fully saturated rings.